The molecule has 1 saturated heterocycles. The summed E-state index contributed by atoms with van der Waals surface area (Å²) in [7, 11) is 0. The average Bonchev–Trinajstić information content (AvgIpc) is 2.79. The molecule has 0 unspecified atom stereocenters. The van der Waals surface area contributed by atoms with Crippen LogP contribution >= 0.6 is 11.3 Å². The lowest BCUT2D eigenvalue weighted by atomic mass is 10.2. The molecule has 19 heavy (non-hydrogen) atoms. The van der Waals surface area contributed by atoms with Crippen LogP contribution in [0.2, 0.25) is 0 Å². The highest BCUT2D eigenvalue weighted by Crippen LogP contribution is 2.20. The van der Waals surface area contributed by atoms with Crippen LogP contribution < -0.4 is 0 Å². The number of aromatic nitrogens is 1. The normalized spacial score (nSPS) is 16.7. The molecule has 1 N–H and O–H groups in total. The fraction of sp³-hybridized carbons (Fsp3) is 0.692. The zero-order chi connectivity index (χ0) is 13.7. The third-order valence-corrected chi connectivity index (χ3v) is 4.37. The lowest BCUT2D eigenvalue weighted by Crippen LogP contribution is -2.37. The molecule has 0 radical (unpaired) electrons. The summed E-state index contributed by atoms with van der Waals surface area (Å²) in [6, 6.07) is 0. The molecule has 2 rings (SSSR count). The first kappa shape index (κ1) is 14.4. The maximum Gasteiger partial charge on any atom is 0.308 e. The second kappa shape index (κ2) is 6.98. The number of aliphatic carboxylic acids is 1. The molecule has 0 amide bonds. The molecular formula is C13H20N2O3S. The molecule has 0 atom stereocenters. The van der Waals surface area contributed by atoms with E-state index < -0.39 is 5.97 Å². The van der Waals surface area contributed by atoms with Crippen LogP contribution in [-0.4, -0.2) is 53.8 Å². The smallest absolute Gasteiger partial charge is 0.308 e. The number of ether oxygens (including phenoxy) is 1. The number of hydrogen-bond acceptors (Lipinski definition) is 5. The van der Waals surface area contributed by atoms with E-state index in [1.54, 1.807) is 11.3 Å². The second-order valence-electron chi connectivity index (χ2n) is 4.61. The van der Waals surface area contributed by atoms with Crippen LogP contribution in [0.4, 0.5) is 0 Å². The lowest BCUT2D eigenvalue weighted by Gasteiger charge is -2.25. The Kier molecular flexibility index (Phi) is 5.30. The van der Waals surface area contributed by atoms with Crippen molar-refractivity contribution in [2.24, 2.45) is 0 Å². The molecule has 1 fully saturated rings. The standard InChI is InChI=1S/C13H20N2O3S/c1-2-10-11(9-13(16)17)19-12(14-10)3-4-15-5-7-18-8-6-15/h2-9H2,1H3,(H,16,17). The first-order valence-electron chi connectivity index (χ1n) is 6.68. The van der Waals surface area contributed by atoms with Gasteiger partial charge in [0.2, 0.25) is 0 Å². The van der Waals surface area contributed by atoms with Crippen molar-refractivity contribution in [1.82, 2.24) is 9.88 Å². The average molecular weight is 284 g/mol. The molecule has 1 aliphatic rings. The van der Waals surface area contributed by atoms with Gasteiger partial charge in [0.05, 0.1) is 30.3 Å². The number of carboxylic acid groups (broad SMARTS) is 1. The maximum absolute atomic E-state index is 10.8. The Morgan fingerprint density at radius 1 is 1.47 bits per heavy atom. The quantitative estimate of drug-likeness (QED) is 0.850. The van der Waals surface area contributed by atoms with Gasteiger partial charge >= 0.3 is 5.97 Å². The van der Waals surface area contributed by atoms with Crippen LogP contribution in [0.25, 0.3) is 0 Å². The predicted octanol–water partition coefficient (Wildman–Crippen LogP) is 1.21. The van der Waals surface area contributed by atoms with Crippen molar-refractivity contribution in [3.8, 4) is 0 Å². The summed E-state index contributed by atoms with van der Waals surface area (Å²) in [5, 5.41) is 9.94. The molecule has 106 valence electrons. The van der Waals surface area contributed by atoms with Crippen molar-refractivity contribution in [3.63, 3.8) is 0 Å². The topological polar surface area (TPSA) is 62.7 Å². The van der Waals surface area contributed by atoms with E-state index in [0.717, 1.165) is 61.3 Å². The minimum absolute atomic E-state index is 0.0956. The number of aryl methyl sites for hydroxylation is 1. The van der Waals surface area contributed by atoms with E-state index in [9.17, 15) is 4.79 Å². The maximum atomic E-state index is 10.8. The van der Waals surface area contributed by atoms with E-state index in [1.807, 2.05) is 6.92 Å². The molecular weight excluding hydrogens is 264 g/mol. The molecule has 1 aromatic heterocycles. The largest absolute Gasteiger partial charge is 0.481 e. The first-order chi connectivity index (χ1) is 9.19. The van der Waals surface area contributed by atoms with Gasteiger partial charge in [-0.1, -0.05) is 6.92 Å². The van der Waals surface area contributed by atoms with Crippen LogP contribution in [0.5, 0.6) is 0 Å². The van der Waals surface area contributed by atoms with E-state index >= 15 is 0 Å². The van der Waals surface area contributed by atoms with Crippen molar-refractivity contribution in [1.29, 1.82) is 0 Å². The van der Waals surface area contributed by atoms with Gasteiger partial charge < -0.3 is 9.84 Å². The molecule has 0 bridgehead atoms. The van der Waals surface area contributed by atoms with E-state index in [2.05, 4.69) is 9.88 Å². The van der Waals surface area contributed by atoms with Gasteiger partial charge in [0.1, 0.15) is 0 Å². The summed E-state index contributed by atoms with van der Waals surface area (Å²) < 4.78 is 5.32. The van der Waals surface area contributed by atoms with Gasteiger partial charge in [-0.2, -0.15) is 0 Å². The summed E-state index contributed by atoms with van der Waals surface area (Å²) in [5.74, 6) is -0.780. The Hall–Kier alpha value is -0.980. The summed E-state index contributed by atoms with van der Waals surface area (Å²) in [5.41, 5.74) is 0.948. The Morgan fingerprint density at radius 2 is 2.21 bits per heavy atom. The van der Waals surface area contributed by atoms with Gasteiger partial charge in [-0.25, -0.2) is 4.98 Å². The number of morpholine rings is 1. The summed E-state index contributed by atoms with van der Waals surface area (Å²) in [4.78, 5) is 18.6. The Bertz CT molecular complexity index is 428. The zero-order valence-corrected chi connectivity index (χ0v) is 12.0. The van der Waals surface area contributed by atoms with Gasteiger partial charge in [0.25, 0.3) is 0 Å². The molecule has 0 spiro atoms. The Balaban J connectivity index is 1.92. The molecule has 5 nitrogen and oxygen atoms in total. The third kappa shape index (κ3) is 4.26. The Labute approximate surface area is 117 Å². The van der Waals surface area contributed by atoms with Crippen LogP contribution in [0.1, 0.15) is 22.5 Å². The van der Waals surface area contributed by atoms with E-state index in [0.29, 0.717) is 0 Å². The fourth-order valence-corrected chi connectivity index (χ4v) is 3.31. The number of rotatable bonds is 6. The van der Waals surface area contributed by atoms with Crippen molar-refractivity contribution in [2.75, 3.05) is 32.8 Å². The van der Waals surface area contributed by atoms with Crippen LogP contribution in [0.15, 0.2) is 0 Å². The summed E-state index contributed by atoms with van der Waals surface area (Å²) in [6.07, 6.45) is 1.80. The third-order valence-electron chi connectivity index (χ3n) is 3.21. The number of nitrogens with zero attached hydrogens (tertiary/aromatic N) is 2. The molecule has 0 aromatic carbocycles. The minimum atomic E-state index is -0.780. The minimum Gasteiger partial charge on any atom is -0.481 e. The van der Waals surface area contributed by atoms with Gasteiger partial charge in [-0.15, -0.1) is 11.3 Å². The van der Waals surface area contributed by atoms with Gasteiger partial charge in [-0.05, 0) is 6.42 Å². The summed E-state index contributed by atoms with van der Waals surface area (Å²) in [6.45, 7) is 6.57. The highest BCUT2D eigenvalue weighted by Gasteiger charge is 2.15. The molecule has 1 aliphatic heterocycles. The first-order valence-corrected chi connectivity index (χ1v) is 7.50. The molecule has 2 heterocycles. The highest BCUT2D eigenvalue weighted by molar-refractivity contribution is 7.11. The van der Waals surface area contributed by atoms with Crippen molar-refractivity contribution >= 4 is 17.3 Å². The van der Waals surface area contributed by atoms with Gasteiger partial charge in [-0.3, -0.25) is 9.69 Å². The zero-order valence-electron chi connectivity index (χ0n) is 11.2. The summed E-state index contributed by atoms with van der Waals surface area (Å²) >= 11 is 1.55. The number of thiazole rings is 1. The molecule has 1 aromatic rings. The monoisotopic (exact) mass is 284 g/mol. The van der Waals surface area contributed by atoms with Crippen LogP contribution in [0.3, 0.4) is 0 Å². The molecule has 0 saturated carbocycles. The van der Waals surface area contributed by atoms with Crippen LogP contribution in [-0.2, 0) is 28.8 Å². The molecule has 6 heteroatoms. The lowest BCUT2D eigenvalue weighted by molar-refractivity contribution is -0.136. The van der Waals surface area contributed by atoms with Crippen molar-refractivity contribution in [2.45, 2.75) is 26.2 Å². The van der Waals surface area contributed by atoms with Crippen LogP contribution in [0, 0.1) is 0 Å². The van der Waals surface area contributed by atoms with E-state index in [-0.39, 0.29) is 6.42 Å². The van der Waals surface area contributed by atoms with Crippen molar-refractivity contribution in [3.05, 3.63) is 15.6 Å². The van der Waals surface area contributed by atoms with E-state index in [4.69, 9.17) is 9.84 Å². The predicted molar refractivity (Wildman–Crippen MR) is 73.8 cm³/mol. The Morgan fingerprint density at radius 3 is 2.84 bits per heavy atom. The molecule has 0 aliphatic carbocycles. The van der Waals surface area contributed by atoms with E-state index in [1.165, 1.54) is 0 Å². The number of carbonyl (C=O) groups is 1. The fourth-order valence-electron chi connectivity index (χ4n) is 2.17. The van der Waals surface area contributed by atoms with Gasteiger partial charge in [0, 0.05) is 30.9 Å². The number of carboxylic acids is 1. The SMILES string of the molecule is CCc1nc(CCN2CCOCC2)sc1CC(=O)O. The second-order valence-corrected chi connectivity index (χ2v) is 5.77. The van der Waals surface area contributed by atoms with Crippen molar-refractivity contribution < 1.29 is 14.6 Å². The van der Waals surface area contributed by atoms with Gasteiger partial charge in [0.15, 0.2) is 0 Å². The highest BCUT2D eigenvalue weighted by atomic mass is 32.1. The number of hydrogen-bond donors (Lipinski definition) is 1.